The van der Waals surface area contributed by atoms with Crippen molar-refractivity contribution in [3.05, 3.63) is 53.7 Å². The molecule has 0 bridgehead atoms. The van der Waals surface area contributed by atoms with E-state index in [2.05, 4.69) is 23.0 Å². The number of aryl methyl sites for hydroxylation is 2. The molecule has 3 aromatic rings. The molecule has 1 aromatic carbocycles. The monoisotopic (exact) mass is 249 g/mol. The molecule has 0 saturated carbocycles. The predicted molar refractivity (Wildman–Crippen MR) is 78.9 cm³/mol. The molecule has 2 N–H and O–H groups in total. The van der Waals surface area contributed by atoms with E-state index in [1.807, 2.05) is 37.3 Å². The van der Waals surface area contributed by atoms with Crippen LogP contribution >= 0.6 is 0 Å². The van der Waals surface area contributed by atoms with Crippen LogP contribution in [-0.4, -0.2) is 9.97 Å². The van der Waals surface area contributed by atoms with Crippen LogP contribution in [0, 0.1) is 13.8 Å². The predicted octanol–water partition coefficient (Wildman–Crippen LogP) is 3.50. The number of nitrogens with two attached hydrogens (primary N) is 1. The highest BCUT2D eigenvalue weighted by Crippen LogP contribution is 2.31. The lowest BCUT2D eigenvalue weighted by molar-refractivity contribution is 1.26. The van der Waals surface area contributed by atoms with Crippen molar-refractivity contribution in [1.29, 1.82) is 0 Å². The molecule has 0 saturated heterocycles. The highest BCUT2D eigenvalue weighted by Gasteiger charge is 2.12. The molecule has 0 aliphatic rings. The second kappa shape index (κ2) is 4.35. The zero-order chi connectivity index (χ0) is 13.4. The normalized spacial score (nSPS) is 10.8. The molecule has 2 heterocycles. The van der Waals surface area contributed by atoms with Gasteiger partial charge in [-0.1, -0.05) is 18.2 Å². The Morgan fingerprint density at radius 3 is 2.58 bits per heavy atom. The summed E-state index contributed by atoms with van der Waals surface area (Å²) in [4.78, 5) is 9.02. The third-order valence-corrected chi connectivity index (χ3v) is 3.42. The molecule has 0 unspecified atom stereocenters. The Labute approximate surface area is 112 Å². The van der Waals surface area contributed by atoms with Gasteiger partial charge in [0.2, 0.25) is 0 Å². The van der Waals surface area contributed by atoms with Crippen LogP contribution < -0.4 is 5.73 Å². The van der Waals surface area contributed by atoms with Gasteiger partial charge in [0.05, 0.1) is 16.9 Å². The Bertz CT molecular complexity index is 749. The van der Waals surface area contributed by atoms with E-state index in [1.165, 1.54) is 5.56 Å². The smallest absolute Gasteiger partial charge is 0.113 e. The average molecular weight is 249 g/mol. The fraction of sp³-hybridized carbons (Fsp3) is 0.125. The third kappa shape index (κ3) is 1.83. The Hall–Kier alpha value is -2.42. The summed E-state index contributed by atoms with van der Waals surface area (Å²) in [7, 11) is 0. The minimum Gasteiger partial charge on any atom is -0.397 e. The molecule has 19 heavy (non-hydrogen) atoms. The Morgan fingerprint density at radius 2 is 1.84 bits per heavy atom. The molecule has 3 nitrogen and oxygen atoms in total. The molecule has 3 heteroatoms. The van der Waals surface area contributed by atoms with E-state index < -0.39 is 0 Å². The van der Waals surface area contributed by atoms with Gasteiger partial charge in [0.25, 0.3) is 0 Å². The number of nitrogen functional groups attached to an aromatic ring is 1. The molecule has 0 spiro atoms. The average Bonchev–Trinajstić information content (AvgIpc) is 2.43. The first-order valence-corrected chi connectivity index (χ1v) is 6.25. The van der Waals surface area contributed by atoms with Crippen molar-refractivity contribution in [2.24, 2.45) is 0 Å². The van der Waals surface area contributed by atoms with E-state index in [1.54, 1.807) is 6.20 Å². The zero-order valence-corrected chi connectivity index (χ0v) is 11.0. The van der Waals surface area contributed by atoms with Crippen LogP contribution in [0.4, 0.5) is 5.69 Å². The maximum atomic E-state index is 6.25. The van der Waals surface area contributed by atoms with Gasteiger partial charge in [-0.25, -0.2) is 4.98 Å². The Morgan fingerprint density at radius 1 is 1.00 bits per heavy atom. The summed E-state index contributed by atoms with van der Waals surface area (Å²) in [6.45, 7) is 4.12. The minimum absolute atomic E-state index is 0.709. The summed E-state index contributed by atoms with van der Waals surface area (Å²) in [5.74, 6) is 0. The fourth-order valence-electron chi connectivity index (χ4n) is 2.42. The number of hydrogen-bond donors (Lipinski definition) is 1. The number of fused-ring (bicyclic) bond motifs is 1. The standard InChI is InChI=1S/C16H15N3/c1-10-6-5-8-12-14(10)11(2)15(17)16(19-12)13-7-3-4-9-18-13/h3-9H,17H2,1-2H3. The number of nitrogens with zero attached hydrogens (tertiary/aromatic N) is 2. The number of pyridine rings is 2. The van der Waals surface area contributed by atoms with Crippen molar-refractivity contribution >= 4 is 16.6 Å². The Kier molecular flexibility index (Phi) is 2.67. The molecule has 2 aromatic heterocycles. The molecule has 0 aliphatic carbocycles. The van der Waals surface area contributed by atoms with Crippen molar-refractivity contribution in [1.82, 2.24) is 9.97 Å². The van der Waals surface area contributed by atoms with Crippen molar-refractivity contribution in [2.75, 3.05) is 5.73 Å². The van der Waals surface area contributed by atoms with Gasteiger partial charge in [-0.2, -0.15) is 0 Å². The third-order valence-electron chi connectivity index (χ3n) is 3.42. The summed E-state index contributed by atoms with van der Waals surface area (Å²) < 4.78 is 0. The second-order valence-corrected chi connectivity index (χ2v) is 4.68. The van der Waals surface area contributed by atoms with Crippen LogP contribution in [0.3, 0.4) is 0 Å². The molecule has 0 atom stereocenters. The van der Waals surface area contributed by atoms with Gasteiger partial charge in [-0.15, -0.1) is 0 Å². The first-order chi connectivity index (χ1) is 9.18. The molecular formula is C16H15N3. The highest BCUT2D eigenvalue weighted by atomic mass is 14.8. The van der Waals surface area contributed by atoms with Crippen molar-refractivity contribution in [3.63, 3.8) is 0 Å². The van der Waals surface area contributed by atoms with Gasteiger partial charge < -0.3 is 5.73 Å². The SMILES string of the molecule is Cc1cccc2nc(-c3ccccn3)c(N)c(C)c12. The van der Waals surface area contributed by atoms with Gasteiger partial charge in [0.1, 0.15) is 5.69 Å². The van der Waals surface area contributed by atoms with Gasteiger partial charge in [0, 0.05) is 11.6 Å². The lowest BCUT2D eigenvalue weighted by Gasteiger charge is -2.12. The van der Waals surface area contributed by atoms with Gasteiger partial charge >= 0.3 is 0 Å². The van der Waals surface area contributed by atoms with Crippen LogP contribution in [0.1, 0.15) is 11.1 Å². The van der Waals surface area contributed by atoms with Gasteiger partial charge in [-0.3, -0.25) is 4.98 Å². The number of rotatable bonds is 1. The lowest BCUT2D eigenvalue weighted by Crippen LogP contribution is -2.00. The van der Waals surface area contributed by atoms with E-state index >= 15 is 0 Å². The van der Waals surface area contributed by atoms with Crippen LogP contribution in [0.5, 0.6) is 0 Å². The summed E-state index contributed by atoms with van der Waals surface area (Å²) in [6, 6.07) is 11.9. The zero-order valence-electron chi connectivity index (χ0n) is 11.0. The summed E-state index contributed by atoms with van der Waals surface area (Å²) in [6.07, 6.45) is 1.76. The first kappa shape index (κ1) is 11.7. The molecule has 0 radical (unpaired) electrons. The fourth-order valence-corrected chi connectivity index (χ4v) is 2.42. The van der Waals surface area contributed by atoms with Crippen LogP contribution in [0.2, 0.25) is 0 Å². The lowest BCUT2D eigenvalue weighted by atomic mass is 10.0. The molecule has 3 rings (SSSR count). The van der Waals surface area contributed by atoms with Crippen molar-refractivity contribution in [2.45, 2.75) is 13.8 Å². The largest absolute Gasteiger partial charge is 0.397 e. The summed E-state index contributed by atoms with van der Waals surface area (Å²) in [5.41, 5.74) is 11.8. The topological polar surface area (TPSA) is 51.8 Å². The molecular weight excluding hydrogens is 234 g/mol. The maximum Gasteiger partial charge on any atom is 0.113 e. The van der Waals surface area contributed by atoms with Gasteiger partial charge in [0.15, 0.2) is 0 Å². The number of aromatic nitrogens is 2. The summed E-state index contributed by atoms with van der Waals surface area (Å²) in [5, 5.41) is 1.14. The quantitative estimate of drug-likeness (QED) is 0.718. The van der Waals surface area contributed by atoms with E-state index in [9.17, 15) is 0 Å². The van der Waals surface area contributed by atoms with E-state index in [-0.39, 0.29) is 0 Å². The van der Waals surface area contributed by atoms with Crippen molar-refractivity contribution in [3.8, 4) is 11.4 Å². The number of anilines is 1. The molecule has 0 amide bonds. The van der Waals surface area contributed by atoms with Crippen LogP contribution in [0.25, 0.3) is 22.3 Å². The first-order valence-electron chi connectivity index (χ1n) is 6.25. The summed E-state index contributed by atoms with van der Waals surface area (Å²) >= 11 is 0. The second-order valence-electron chi connectivity index (χ2n) is 4.68. The number of hydrogen-bond acceptors (Lipinski definition) is 3. The van der Waals surface area contributed by atoms with Crippen LogP contribution in [0.15, 0.2) is 42.6 Å². The minimum atomic E-state index is 0.709. The highest BCUT2D eigenvalue weighted by molar-refractivity contribution is 5.93. The maximum absolute atomic E-state index is 6.25. The molecule has 0 fully saturated rings. The van der Waals surface area contributed by atoms with Gasteiger partial charge in [-0.05, 0) is 43.2 Å². The van der Waals surface area contributed by atoms with E-state index in [4.69, 9.17) is 5.73 Å². The van der Waals surface area contributed by atoms with E-state index in [0.29, 0.717) is 5.69 Å². The van der Waals surface area contributed by atoms with E-state index in [0.717, 1.165) is 27.9 Å². The Balaban J connectivity index is 2.37. The molecule has 94 valence electrons. The van der Waals surface area contributed by atoms with Crippen molar-refractivity contribution < 1.29 is 0 Å². The molecule has 0 aliphatic heterocycles. The van der Waals surface area contributed by atoms with Crippen LogP contribution in [-0.2, 0) is 0 Å². The number of benzene rings is 1.